The number of hydrogen-bond acceptors (Lipinski definition) is 5. The van der Waals surface area contributed by atoms with Crippen LogP contribution in [0.25, 0.3) is 0 Å². The molecule has 1 aliphatic rings. The second kappa shape index (κ2) is 8.10. The van der Waals surface area contributed by atoms with Gasteiger partial charge in [-0.15, -0.1) is 5.10 Å². The Morgan fingerprint density at radius 3 is 2.56 bits per heavy atom. The first kappa shape index (κ1) is 18.0. The molecule has 3 aromatic rings. The average molecular weight is 400 g/mol. The van der Waals surface area contributed by atoms with Crippen molar-refractivity contribution < 1.29 is 4.79 Å². The maximum absolute atomic E-state index is 12.6. The molecule has 2 aromatic carbocycles. The Morgan fingerprint density at radius 2 is 1.85 bits per heavy atom. The van der Waals surface area contributed by atoms with Gasteiger partial charge in [0.1, 0.15) is 0 Å². The molecule has 27 heavy (non-hydrogen) atoms. The molecular formula is C19H18ClN5OS. The highest BCUT2D eigenvalue weighted by molar-refractivity contribution is 7.99. The number of rotatable bonds is 7. The molecule has 0 saturated heterocycles. The molecule has 138 valence electrons. The Balaban J connectivity index is 1.46. The molecule has 6 nitrogen and oxygen atoms in total. The van der Waals surface area contributed by atoms with Crippen LogP contribution in [0.1, 0.15) is 36.1 Å². The van der Waals surface area contributed by atoms with Gasteiger partial charge in [0.2, 0.25) is 11.1 Å². The van der Waals surface area contributed by atoms with Crippen LogP contribution in [0.2, 0.25) is 5.02 Å². The van der Waals surface area contributed by atoms with E-state index in [0.717, 1.165) is 24.0 Å². The third-order valence-corrected chi connectivity index (χ3v) is 5.51. The molecule has 8 heteroatoms. The number of hydrogen-bond donors (Lipinski definition) is 1. The van der Waals surface area contributed by atoms with E-state index >= 15 is 0 Å². The van der Waals surface area contributed by atoms with Crippen molar-refractivity contribution in [2.45, 2.75) is 30.1 Å². The summed E-state index contributed by atoms with van der Waals surface area (Å²) in [5.41, 5.74) is 1.99. The molecular weight excluding hydrogens is 382 g/mol. The van der Waals surface area contributed by atoms with E-state index in [1.165, 1.54) is 11.8 Å². The number of nitrogens with zero attached hydrogens (tertiary/aromatic N) is 4. The minimum Gasteiger partial charge on any atom is -0.344 e. The van der Waals surface area contributed by atoms with Crippen LogP contribution in [0.3, 0.4) is 0 Å². The van der Waals surface area contributed by atoms with E-state index in [1.807, 2.05) is 59.3 Å². The number of tetrazole rings is 1. The van der Waals surface area contributed by atoms with Crippen LogP contribution in [-0.4, -0.2) is 31.9 Å². The van der Waals surface area contributed by atoms with E-state index in [-0.39, 0.29) is 17.7 Å². The minimum absolute atomic E-state index is 0.0749. The molecule has 1 fully saturated rings. The lowest BCUT2D eigenvalue weighted by atomic mass is 9.99. The standard InChI is InChI=1S/C19H18ClN5OS/c20-15-8-6-14(7-9-15)18(13-4-2-1-3-5-13)21-17(26)12-27-19-22-23-24-25(19)16-10-11-16/h1-9,16,18H,10-12H2,(H,21,26). The first-order chi connectivity index (χ1) is 13.2. The lowest BCUT2D eigenvalue weighted by Crippen LogP contribution is -2.30. The molecule has 1 aliphatic carbocycles. The van der Waals surface area contributed by atoms with Crippen molar-refractivity contribution in [3.63, 3.8) is 0 Å². The predicted octanol–water partition coefficient (Wildman–Crippen LogP) is 3.66. The van der Waals surface area contributed by atoms with Gasteiger partial charge in [-0.3, -0.25) is 4.79 Å². The summed E-state index contributed by atoms with van der Waals surface area (Å²) in [5, 5.41) is 16.2. The second-order valence-electron chi connectivity index (χ2n) is 6.39. The predicted molar refractivity (Wildman–Crippen MR) is 105 cm³/mol. The fourth-order valence-corrected chi connectivity index (χ4v) is 3.70. The second-order valence-corrected chi connectivity index (χ2v) is 7.77. The number of halogens is 1. The lowest BCUT2D eigenvalue weighted by Gasteiger charge is -2.20. The molecule has 1 amide bonds. The first-order valence-corrected chi connectivity index (χ1v) is 10.1. The zero-order valence-electron chi connectivity index (χ0n) is 14.5. The normalized spacial score (nSPS) is 14.7. The van der Waals surface area contributed by atoms with Crippen molar-refractivity contribution in [3.05, 3.63) is 70.7 Å². The Kier molecular flexibility index (Phi) is 5.40. The Labute approximate surface area is 166 Å². The zero-order chi connectivity index (χ0) is 18.6. The topological polar surface area (TPSA) is 72.7 Å². The van der Waals surface area contributed by atoms with Gasteiger partial charge in [0, 0.05) is 5.02 Å². The zero-order valence-corrected chi connectivity index (χ0v) is 16.0. The van der Waals surface area contributed by atoms with Crippen LogP contribution in [0, 0.1) is 0 Å². The van der Waals surface area contributed by atoms with Crippen molar-refractivity contribution in [2.24, 2.45) is 0 Å². The van der Waals surface area contributed by atoms with Crippen molar-refractivity contribution in [2.75, 3.05) is 5.75 Å². The summed E-state index contributed by atoms with van der Waals surface area (Å²) in [7, 11) is 0. The van der Waals surface area contributed by atoms with Gasteiger partial charge in [-0.05, 0) is 46.5 Å². The monoisotopic (exact) mass is 399 g/mol. The molecule has 1 unspecified atom stereocenters. The van der Waals surface area contributed by atoms with Crippen molar-refractivity contribution in [3.8, 4) is 0 Å². The summed E-state index contributed by atoms with van der Waals surface area (Å²) in [6, 6.07) is 17.6. The van der Waals surface area contributed by atoms with Gasteiger partial charge < -0.3 is 5.32 Å². The largest absolute Gasteiger partial charge is 0.344 e. The van der Waals surface area contributed by atoms with Crippen LogP contribution in [-0.2, 0) is 4.79 Å². The number of nitrogens with one attached hydrogen (secondary N) is 1. The Bertz CT molecular complexity index is 911. The number of aromatic nitrogens is 4. The third-order valence-electron chi connectivity index (χ3n) is 4.33. The van der Waals surface area contributed by atoms with Crippen molar-refractivity contribution in [1.29, 1.82) is 0 Å². The van der Waals surface area contributed by atoms with Crippen molar-refractivity contribution in [1.82, 2.24) is 25.5 Å². The molecule has 1 atom stereocenters. The average Bonchev–Trinajstić information content (AvgIpc) is 3.44. The van der Waals surface area contributed by atoms with Gasteiger partial charge >= 0.3 is 0 Å². The number of benzene rings is 2. The number of amides is 1. The number of carbonyl (C=O) groups excluding carboxylic acids is 1. The Hall–Kier alpha value is -2.38. The molecule has 0 bridgehead atoms. The van der Waals surface area contributed by atoms with Gasteiger partial charge in [-0.2, -0.15) is 0 Å². The first-order valence-electron chi connectivity index (χ1n) is 8.71. The SMILES string of the molecule is O=C(CSc1nnnn1C1CC1)NC(c1ccccc1)c1ccc(Cl)cc1. The smallest absolute Gasteiger partial charge is 0.231 e. The summed E-state index contributed by atoms with van der Waals surface area (Å²) in [6.45, 7) is 0. The maximum atomic E-state index is 12.6. The van der Waals surface area contributed by atoms with E-state index in [2.05, 4.69) is 20.8 Å². The highest BCUT2D eigenvalue weighted by atomic mass is 35.5. The number of carbonyl (C=O) groups is 1. The fourth-order valence-electron chi connectivity index (χ4n) is 2.82. The maximum Gasteiger partial charge on any atom is 0.231 e. The van der Waals surface area contributed by atoms with E-state index < -0.39 is 0 Å². The molecule has 1 heterocycles. The van der Waals surface area contributed by atoms with Gasteiger partial charge in [-0.1, -0.05) is 65.8 Å². The molecule has 1 saturated carbocycles. The highest BCUT2D eigenvalue weighted by Crippen LogP contribution is 2.36. The fraction of sp³-hybridized carbons (Fsp3) is 0.263. The van der Waals surface area contributed by atoms with E-state index in [9.17, 15) is 4.79 Å². The van der Waals surface area contributed by atoms with Crippen LogP contribution in [0.4, 0.5) is 0 Å². The minimum atomic E-state index is -0.240. The van der Waals surface area contributed by atoms with Crippen LogP contribution in [0.15, 0.2) is 59.8 Å². The van der Waals surface area contributed by atoms with E-state index in [4.69, 9.17) is 11.6 Å². The van der Waals surface area contributed by atoms with Gasteiger partial charge in [0.05, 0.1) is 17.8 Å². The van der Waals surface area contributed by atoms with E-state index in [0.29, 0.717) is 16.2 Å². The van der Waals surface area contributed by atoms with Gasteiger partial charge in [-0.25, -0.2) is 4.68 Å². The third kappa shape index (κ3) is 4.48. The van der Waals surface area contributed by atoms with Crippen LogP contribution < -0.4 is 5.32 Å². The number of thioether (sulfide) groups is 1. The quantitative estimate of drug-likeness (QED) is 0.614. The molecule has 0 aliphatic heterocycles. The summed E-state index contributed by atoms with van der Waals surface area (Å²) in [4.78, 5) is 12.6. The Morgan fingerprint density at radius 1 is 1.15 bits per heavy atom. The summed E-state index contributed by atoms with van der Waals surface area (Å²) in [5.74, 6) is 0.179. The highest BCUT2D eigenvalue weighted by Gasteiger charge is 2.28. The lowest BCUT2D eigenvalue weighted by molar-refractivity contribution is -0.119. The molecule has 1 N–H and O–H groups in total. The van der Waals surface area contributed by atoms with E-state index in [1.54, 1.807) is 0 Å². The molecule has 0 spiro atoms. The molecule has 1 aromatic heterocycles. The van der Waals surface area contributed by atoms with Crippen LogP contribution >= 0.6 is 23.4 Å². The van der Waals surface area contributed by atoms with Gasteiger partial charge in [0.15, 0.2) is 0 Å². The summed E-state index contributed by atoms with van der Waals surface area (Å²) < 4.78 is 1.81. The van der Waals surface area contributed by atoms with Gasteiger partial charge in [0.25, 0.3) is 0 Å². The summed E-state index contributed by atoms with van der Waals surface area (Å²) in [6.07, 6.45) is 2.19. The van der Waals surface area contributed by atoms with Crippen LogP contribution in [0.5, 0.6) is 0 Å². The summed E-state index contributed by atoms with van der Waals surface area (Å²) >= 11 is 7.37. The van der Waals surface area contributed by atoms with Crippen molar-refractivity contribution >= 4 is 29.3 Å². The molecule has 4 rings (SSSR count). The molecule has 0 radical (unpaired) electrons.